The Kier molecular flexibility index (Phi) is 7.94. The summed E-state index contributed by atoms with van der Waals surface area (Å²) in [5, 5.41) is 22.2. The fraction of sp³-hybridized carbons (Fsp3) is 0.429. The first-order chi connectivity index (χ1) is 10.9. The van der Waals surface area contributed by atoms with Crippen LogP contribution in [-0.4, -0.2) is 56.0 Å². The van der Waals surface area contributed by atoms with Gasteiger partial charge < -0.3 is 19.3 Å². The molecule has 0 radical (unpaired) electrons. The van der Waals surface area contributed by atoms with Crippen molar-refractivity contribution in [2.75, 3.05) is 0 Å². The van der Waals surface area contributed by atoms with Gasteiger partial charge in [0.2, 0.25) is 0 Å². The molecule has 0 aliphatic carbocycles. The summed E-state index contributed by atoms with van der Waals surface area (Å²) in [5.74, 6) is -1.05. The minimum Gasteiger partial charge on any atom is -0.860 e. The molecule has 0 saturated heterocycles. The van der Waals surface area contributed by atoms with E-state index in [9.17, 15) is 29.4 Å². The SMILES string of the molecule is Cc1c([O-])n(C)c(=O)n(C)c1=O.Cc1c([O-])n(C)c(=O)n(C)c1=O.[Ca+2]. The molecule has 0 aliphatic heterocycles. The minimum atomic E-state index is -0.587. The van der Waals surface area contributed by atoms with Crippen molar-refractivity contribution >= 4 is 37.7 Å². The van der Waals surface area contributed by atoms with Crippen LogP contribution in [-0.2, 0) is 28.2 Å². The predicted molar refractivity (Wildman–Crippen MR) is 88.0 cm³/mol. The molecular weight excluding hydrogens is 360 g/mol. The Bertz CT molecular complexity index is 870. The van der Waals surface area contributed by atoms with E-state index in [1.807, 2.05) is 0 Å². The molecule has 0 spiro atoms. The van der Waals surface area contributed by atoms with E-state index in [0.29, 0.717) is 0 Å². The third-order valence-corrected chi connectivity index (χ3v) is 3.65. The molecule has 2 aromatic rings. The van der Waals surface area contributed by atoms with Gasteiger partial charge >= 0.3 is 49.1 Å². The molecule has 2 rings (SSSR count). The van der Waals surface area contributed by atoms with Crippen LogP contribution in [0.5, 0.6) is 11.8 Å². The second-order valence-electron chi connectivity index (χ2n) is 5.27. The Morgan fingerprint density at radius 1 is 0.600 bits per heavy atom. The van der Waals surface area contributed by atoms with Gasteiger partial charge in [-0.3, -0.25) is 18.7 Å². The van der Waals surface area contributed by atoms with Crippen molar-refractivity contribution < 1.29 is 10.2 Å². The molecule has 0 aliphatic rings. The van der Waals surface area contributed by atoms with Crippen LogP contribution in [0.15, 0.2) is 19.2 Å². The summed E-state index contributed by atoms with van der Waals surface area (Å²) in [6, 6.07) is 0. The molecule has 0 fully saturated rings. The Balaban J connectivity index is 0.000000443. The summed E-state index contributed by atoms with van der Waals surface area (Å²) in [7, 11) is 5.38. The molecule has 10 nitrogen and oxygen atoms in total. The summed E-state index contributed by atoms with van der Waals surface area (Å²) < 4.78 is 3.65. The first-order valence-electron chi connectivity index (χ1n) is 6.80. The van der Waals surface area contributed by atoms with Gasteiger partial charge in [-0.05, 0) is 25.6 Å². The molecule has 25 heavy (non-hydrogen) atoms. The van der Waals surface area contributed by atoms with Crippen molar-refractivity contribution in [3.05, 3.63) is 52.8 Å². The summed E-state index contributed by atoms with van der Waals surface area (Å²) in [5.41, 5.74) is -2.09. The molecule has 0 N–H and O–H groups in total. The Hall–Kier alpha value is -1.78. The summed E-state index contributed by atoms with van der Waals surface area (Å²) in [6.07, 6.45) is 0. The minimum absolute atomic E-state index is 0. The number of aromatic nitrogens is 4. The zero-order valence-electron chi connectivity index (χ0n) is 14.9. The fourth-order valence-corrected chi connectivity index (χ4v) is 1.99. The van der Waals surface area contributed by atoms with Crippen LogP contribution in [0.25, 0.3) is 0 Å². The second-order valence-corrected chi connectivity index (χ2v) is 5.27. The third-order valence-electron chi connectivity index (χ3n) is 3.65. The van der Waals surface area contributed by atoms with Crippen molar-refractivity contribution in [3.63, 3.8) is 0 Å². The fourth-order valence-electron chi connectivity index (χ4n) is 1.99. The van der Waals surface area contributed by atoms with E-state index in [1.54, 1.807) is 0 Å². The normalized spacial score (nSPS) is 9.84. The zero-order valence-corrected chi connectivity index (χ0v) is 17.2. The molecule has 2 aromatic heterocycles. The van der Waals surface area contributed by atoms with Gasteiger partial charge in [0, 0.05) is 39.3 Å². The van der Waals surface area contributed by atoms with E-state index in [4.69, 9.17) is 0 Å². The van der Waals surface area contributed by atoms with Gasteiger partial charge in [0.1, 0.15) is 0 Å². The van der Waals surface area contributed by atoms with E-state index >= 15 is 0 Å². The van der Waals surface area contributed by atoms with Crippen molar-refractivity contribution in [1.82, 2.24) is 18.3 Å². The molecule has 0 unspecified atom stereocenters. The molecule has 132 valence electrons. The van der Waals surface area contributed by atoms with E-state index in [1.165, 1.54) is 42.0 Å². The Labute approximate surface area is 172 Å². The average Bonchev–Trinajstić information content (AvgIpc) is 2.58. The van der Waals surface area contributed by atoms with Crippen LogP contribution < -0.4 is 32.7 Å². The van der Waals surface area contributed by atoms with Crippen LogP contribution in [0.3, 0.4) is 0 Å². The standard InChI is InChI=1S/2C7H10N2O3.Ca/c2*1-4-5(10)8(2)7(12)9(3)6(4)11;/h2*10H,1-3H3;/q;;+2/p-2. The molecule has 0 aromatic carbocycles. The first-order valence-corrected chi connectivity index (χ1v) is 6.80. The van der Waals surface area contributed by atoms with Crippen molar-refractivity contribution in [2.45, 2.75) is 13.8 Å². The van der Waals surface area contributed by atoms with Crippen LogP contribution >= 0.6 is 0 Å². The topological polar surface area (TPSA) is 134 Å². The largest absolute Gasteiger partial charge is 2.00 e. The molecular formula is C14H18CaN4O6. The molecule has 11 heteroatoms. The van der Waals surface area contributed by atoms with Gasteiger partial charge in [-0.2, -0.15) is 0 Å². The van der Waals surface area contributed by atoms with Crippen molar-refractivity contribution in [2.24, 2.45) is 28.2 Å². The maximum absolute atomic E-state index is 11.1. The van der Waals surface area contributed by atoms with Gasteiger partial charge in [-0.1, -0.05) is 0 Å². The third kappa shape index (κ3) is 4.25. The van der Waals surface area contributed by atoms with Crippen LogP contribution in [0.2, 0.25) is 0 Å². The van der Waals surface area contributed by atoms with Gasteiger partial charge in [0.05, 0.1) is 0 Å². The smallest absolute Gasteiger partial charge is 0.860 e. The van der Waals surface area contributed by atoms with E-state index in [-0.39, 0.29) is 48.9 Å². The zero-order chi connectivity index (χ0) is 18.9. The van der Waals surface area contributed by atoms with Crippen LogP contribution in [0.4, 0.5) is 0 Å². The summed E-state index contributed by atoms with van der Waals surface area (Å²) >= 11 is 0. The van der Waals surface area contributed by atoms with E-state index < -0.39 is 34.3 Å². The van der Waals surface area contributed by atoms with Crippen LogP contribution in [0.1, 0.15) is 11.1 Å². The first kappa shape index (κ1) is 23.2. The van der Waals surface area contributed by atoms with Gasteiger partial charge in [-0.25, -0.2) is 9.59 Å². The average molecular weight is 378 g/mol. The molecule has 0 saturated carbocycles. The summed E-state index contributed by atoms with van der Waals surface area (Å²) in [4.78, 5) is 44.4. The molecule has 0 atom stereocenters. The van der Waals surface area contributed by atoms with Crippen molar-refractivity contribution in [1.29, 1.82) is 0 Å². The van der Waals surface area contributed by atoms with Crippen LogP contribution in [0, 0.1) is 13.8 Å². The van der Waals surface area contributed by atoms with E-state index in [2.05, 4.69) is 0 Å². The number of rotatable bonds is 0. The molecule has 0 bridgehead atoms. The molecule has 0 amide bonds. The summed E-state index contributed by atoms with van der Waals surface area (Å²) in [6.45, 7) is 2.81. The number of hydrogen-bond acceptors (Lipinski definition) is 6. The quantitative estimate of drug-likeness (QED) is 0.438. The van der Waals surface area contributed by atoms with Gasteiger partial charge in [0.25, 0.3) is 11.1 Å². The Morgan fingerprint density at radius 3 is 1.08 bits per heavy atom. The second kappa shape index (κ2) is 8.54. The maximum Gasteiger partial charge on any atom is 2.00 e. The number of hydrogen-bond donors (Lipinski definition) is 0. The number of nitrogens with zero attached hydrogens (tertiary/aromatic N) is 4. The molecule has 2 heterocycles. The van der Waals surface area contributed by atoms with Crippen molar-refractivity contribution in [3.8, 4) is 11.8 Å². The van der Waals surface area contributed by atoms with Gasteiger partial charge in [0.15, 0.2) is 0 Å². The predicted octanol–water partition coefficient (Wildman–Crippen LogP) is -3.45. The van der Waals surface area contributed by atoms with E-state index in [0.717, 1.165) is 18.3 Å². The monoisotopic (exact) mass is 378 g/mol. The van der Waals surface area contributed by atoms with Gasteiger partial charge in [-0.15, -0.1) is 0 Å². The Morgan fingerprint density at radius 2 is 0.840 bits per heavy atom. The maximum atomic E-state index is 11.1.